The molecule has 7 heavy (non-hydrogen) atoms. The zero-order chi connectivity index (χ0) is 5.11. The predicted molar refractivity (Wildman–Crippen MR) is 27.0 cm³/mol. The highest BCUT2D eigenvalue weighted by atomic mass is 35.5. The van der Waals surface area contributed by atoms with Crippen molar-refractivity contribution in [3.63, 3.8) is 0 Å². The SMILES string of the molecule is ClCN1C=NCO1. The molecule has 0 N–H and O–H groups in total. The maximum absolute atomic E-state index is 5.32. The summed E-state index contributed by atoms with van der Waals surface area (Å²) in [4.78, 5) is 8.51. The van der Waals surface area contributed by atoms with Gasteiger partial charge in [-0.25, -0.2) is 14.9 Å². The number of hydroxylamine groups is 2. The van der Waals surface area contributed by atoms with E-state index in [4.69, 9.17) is 16.4 Å². The molecule has 1 heterocycles. The minimum absolute atomic E-state index is 0.351. The Bertz CT molecular complexity index is 85.0. The van der Waals surface area contributed by atoms with Crippen LogP contribution in [0.3, 0.4) is 0 Å². The fraction of sp³-hybridized carbons (Fsp3) is 0.667. The van der Waals surface area contributed by atoms with Crippen molar-refractivity contribution in [1.29, 1.82) is 0 Å². The van der Waals surface area contributed by atoms with Gasteiger partial charge in [0.15, 0.2) is 6.73 Å². The Kier molecular flexibility index (Phi) is 1.49. The second-order valence-corrected chi connectivity index (χ2v) is 1.33. The van der Waals surface area contributed by atoms with Crippen LogP contribution in [-0.2, 0) is 4.84 Å². The van der Waals surface area contributed by atoms with Gasteiger partial charge in [0.2, 0.25) is 0 Å². The Morgan fingerprint density at radius 2 is 2.86 bits per heavy atom. The molecular formula is C3H5ClN2O. The van der Waals surface area contributed by atoms with E-state index in [1.165, 1.54) is 5.06 Å². The second kappa shape index (κ2) is 2.14. The summed E-state index contributed by atoms with van der Waals surface area (Å²) in [5, 5.41) is 1.46. The molecule has 40 valence electrons. The van der Waals surface area contributed by atoms with E-state index in [1.807, 2.05) is 0 Å². The molecule has 0 unspecified atom stereocenters. The standard InChI is InChI=1S/C3H5ClN2O/c4-1-6-2-5-3-7-6/h2H,1,3H2. The summed E-state index contributed by atoms with van der Waals surface area (Å²) >= 11 is 5.32. The van der Waals surface area contributed by atoms with E-state index in [0.717, 1.165) is 0 Å². The van der Waals surface area contributed by atoms with Gasteiger partial charge in [0.1, 0.15) is 12.3 Å². The molecule has 0 aromatic carbocycles. The number of halogens is 1. The van der Waals surface area contributed by atoms with Crippen molar-refractivity contribution in [3.8, 4) is 0 Å². The maximum atomic E-state index is 5.32. The van der Waals surface area contributed by atoms with Crippen molar-refractivity contribution in [1.82, 2.24) is 5.06 Å². The Balaban J connectivity index is 2.28. The van der Waals surface area contributed by atoms with Gasteiger partial charge < -0.3 is 0 Å². The van der Waals surface area contributed by atoms with Crippen molar-refractivity contribution in [2.75, 3.05) is 12.7 Å². The van der Waals surface area contributed by atoms with Crippen LogP contribution in [0.4, 0.5) is 0 Å². The largest absolute Gasteiger partial charge is 0.248 e. The number of alkyl halides is 1. The first kappa shape index (κ1) is 4.87. The van der Waals surface area contributed by atoms with Crippen LogP contribution < -0.4 is 0 Å². The number of hydrogen-bond donors (Lipinski definition) is 0. The van der Waals surface area contributed by atoms with Crippen molar-refractivity contribution >= 4 is 17.9 Å². The summed E-state index contributed by atoms with van der Waals surface area (Å²) in [6, 6.07) is 0.351. The van der Waals surface area contributed by atoms with Crippen molar-refractivity contribution in [2.45, 2.75) is 0 Å². The lowest BCUT2D eigenvalue weighted by Crippen LogP contribution is -2.14. The molecule has 3 nitrogen and oxygen atoms in total. The summed E-state index contributed by atoms with van der Waals surface area (Å²) < 4.78 is 0. The topological polar surface area (TPSA) is 24.8 Å². The molecule has 1 aliphatic rings. The predicted octanol–water partition coefficient (Wildman–Crippen LogP) is 0.416. The molecule has 0 atom stereocenters. The van der Waals surface area contributed by atoms with Crippen LogP contribution in [0.15, 0.2) is 4.99 Å². The second-order valence-electron chi connectivity index (χ2n) is 1.09. The summed E-state index contributed by atoms with van der Waals surface area (Å²) in [6.45, 7) is 0.409. The first-order valence-electron chi connectivity index (χ1n) is 1.89. The zero-order valence-corrected chi connectivity index (χ0v) is 4.43. The lowest BCUT2D eigenvalue weighted by Gasteiger charge is -2.04. The molecule has 0 spiro atoms. The number of nitrogens with zero attached hydrogens (tertiary/aromatic N) is 2. The van der Waals surface area contributed by atoms with Gasteiger partial charge in [-0.2, -0.15) is 0 Å². The Morgan fingerprint density at radius 1 is 2.00 bits per heavy atom. The average Bonchev–Trinajstić information content (AvgIpc) is 2.14. The number of hydrogen-bond acceptors (Lipinski definition) is 3. The van der Waals surface area contributed by atoms with Crippen LogP contribution in [0.5, 0.6) is 0 Å². The Labute approximate surface area is 46.5 Å². The van der Waals surface area contributed by atoms with Gasteiger partial charge in [-0.05, 0) is 0 Å². The van der Waals surface area contributed by atoms with E-state index in [1.54, 1.807) is 6.34 Å². The first-order chi connectivity index (χ1) is 3.43. The molecule has 0 saturated heterocycles. The molecule has 1 rings (SSSR count). The van der Waals surface area contributed by atoms with E-state index >= 15 is 0 Å². The fourth-order valence-corrected chi connectivity index (χ4v) is 0.461. The third kappa shape index (κ3) is 1.04. The highest BCUT2D eigenvalue weighted by molar-refractivity contribution is 6.18. The van der Waals surface area contributed by atoms with Gasteiger partial charge in [0.25, 0.3) is 0 Å². The molecule has 0 aliphatic carbocycles. The van der Waals surface area contributed by atoms with Crippen LogP contribution in [0, 0.1) is 0 Å². The van der Waals surface area contributed by atoms with E-state index in [9.17, 15) is 0 Å². The number of aliphatic imine (C=N–C) groups is 1. The Hall–Kier alpha value is -0.280. The highest BCUT2D eigenvalue weighted by Crippen LogP contribution is 1.94. The van der Waals surface area contributed by atoms with Gasteiger partial charge in [-0.1, -0.05) is 0 Å². The Morgan fingerprint density at radius 3 is 3.14 bits per heavy atom. The molecule has 0 bridgehead atoms. The summed E-state index contributed by atoms with van der Waals surface area (Å²) in [7, 11) is 0. The van der Waals surface area contributed by atoms with Crippen molar-refractivity contribution in [2.24, 2.45) is 4.99 Å². The lowest BCUT2D eigenvalue weighted by atomic mass is 11.1. The molecule has 0 radical (unpaired) electrons. The smallest absolute Gasteiger partial charge is 0.166 e. The molecular weight excluding hydrogens is 115 g/mol. The summed E-state index contributed by atoms with van der Waals surface area (Å²) in [5.41, 5.74) is 0. The summed E-state index contributed by atoms with van der Waals surface area (Å²) in [5.74, 6) is 0. The normalized spacial score (nSPS) is 18.7. The minimum atomic E-state index is 0.351. The van der Waals surface area contributed by atoms with Gasteiger partial charge in [-0.3, -0.25) is 0 Å². The highest BCUT2D eigenvalue weighted by Gasteiger charge is 2.00. The van der Waals surface area contributed by atoms with E-state index in [2.05, 4.69) is 4.99 Å². The van der Waals surface area contributed by atoms with Crippen molar-refractivity contribution in [3.05, 3.63) is 0 Å². The average molecular weight is 121 g/mol. The molecule has 0 fully saturated rings. The van der Waals surface area contributed by atoms with Crippen molar-refractivity contribution < 1.29 is 4.84 Å². The van der Waals surface area contributed by atoms with Gasteiger partial charge in [0, 0.05) is 0 Å². The quantitative estimate of drug-likeness (QED) is 0.370. The van der Waals surface area contributed by atoms with Gasteiger partial charge in [-0.15, -0.1) is 11.6 Å². The zero-order valence-electron chi connectivity index (χ0n) is 3.67. The third-order valence-electron chi connectivity index (χ3n) is 0.626. The molecule has 0 aromatic rings. The molecule has 0 aromatic heterocycles. The first-order valence-corrected chi connectivity index (χ1v) is 2.42. The van der Waals surface area contributed by atoms with E-state index in [0.29, 0.717) is 12.7 Å². The number of rotatable bonds is 1. The monoisotopic (exact) mass is 120 g/mol. The van der Waals surface area contributed by atoms with E-state index in [-0.39, 0.29) is 0 Å². The molecule has 4 heteroatoms. The minimum Gasteiger partial charge on any atom is -0.248 e. The van der Waals surface area contributed by atoms with Gasteiger partial charge in [0.05, 0.1) is 0 Å². The van der Waals surface area contributed by atoms with Crippen LogP contribution in [0.1, 0.15) is 0 Å². The maximum Gasteiger partial charge on any atom is 0.166 e. The van der Waals surface area contributed by atoms with Crippen LogP contribution in [-0.4, -0.2) is 24.1 Å². The van der Waals surface area contributed by atoms with Crippen LogP contribution in [0.2, 0.25) is 0 Å². The van der Waals surface area contributed by atoms with Gasteiger partial charge >= 0.3 is 0 Å². The molecule has 1 aliphatic heterocycles. The lowest BCUT2D eigenvalue weighted by molar-refractivity contribution is -0.0577. The third-order valence-corrected chi connectivity index (χ3v) is 0.862. The summed E-state index contributed by atoms with van der Waals surface area (Å²) in [6.07, 6.45) is 1.56. The molecule has 0 amide bonds. The van der Waals surface area contributed by atoms with E-state index < -0.39 is 0 Å². The van der Waals surface area contributed by atoms with Crippen LogP contribution >= 0.6 is 11.6 Å². The fourth-order valence-electron chi connectivity index (χ4n) is 0.331. The molecule has 0 saturated carbocycles. The van der Waals surface area contributed by atoms with Crippen LogP contribution in [0.25, 0.3) is 0 Å².